The number of hydrogen-bond acceptors (Lipinski definition) is 4. The van der Waals surface area contributed by atoms with Crippen molar-refractivity contribution in [1.82, 2.24) is 19.9 Å². The molecule has 3 aromatic rings. The van der Waals surface area contributed by atoms with Crippen LogP contribution in [0.1, 0.15) is 27.2 Å². The van der Waals surface area contributed by atoms with Gasteiger partial charge in [0.25, 0.3) is 5.91 Å². The number of nitrogens with two attached hydrogens (primary N) is 1. The summed E-state index contributed by atoms with van der Waals surface area (Å²) in [6, 6.07) is 12.0. The van der Waals surface area contributed by atoms with Gasteiger partial charge < -0.3 is 15.6 Å². The van der Waals surface area contributed by atoms with E-state index >= 15 is 0 Å². The molecule has 4 rings (SSSR count). The van der Waals surface area contributed by atoms with Gasteiger partial charge in [0.05, 0.1) is 17.0 Å². The van der Waals surface area contributed by atoms with Crippen molar-refractivity contribution >= 4 is 11.9 Å². The predicted molar refractivity (Wildman–Crippen MR) is 96.1 cm³/mol. The van der Waals surface area contributed by atoms with Crippen molar-refractivity contribution in [3.8, 4) is 11.4 Å². The standard InChI is InChI=1S/C19H19N5O/c1-24-15-8-10-21-18(25)16(15)13(11-12-5-3-2-4-6-12)17(24)14-7-9-22-19(20)23-14/h2-7,9H,8,10-11H2,1H3,(H,21,25)(H2,20,22,23). The molecule has 2 aromatic heterocycles. The van der Waals surface area contributed by atoms with Crippen LogP contribution in [0.2, 0.25) is 0 Å². The summed E-state index contributed by atoms with van der Waals surface area (Å²) in [6.45, 7) is 0.653. The molecule has 25 heavy (non-hydrogen) atoms. The van der Waals surface area contributed by atoms with E-state index in [9.17, 15) is 4.79 Å². The van der Waals surface area contributed by atoms with E-state index in [0.717, 1.165) is 40.2 Å². The van der Waals surface area contributed by atoms with Gasteiger partial charge in [-0.25, -0.2) is 9.97 Å². The van der Waals surface area contributed by atoms with E-state index in [0.29, 0.717) is 13.0 Å². The van der Waals surface area contributed by atoms with Gasteiger partial charge >= 0.3 is 0 Å². The highest BCUT2D eigenvalue weighted by Crippen LogP contribution is 2.33. The van der Waals surface area contributed by atoms with Crippen LogP contribution >= 0.6 is 0 Å². The van der Waals surface area contributed by atoms with E-state index in [-0.39, 0.29) is 11.9 Å². The van der Waals surface area contributed by atoms with E-state index in [2.05, 4.69) is 32.0 Å². The fourth-order valence-electron chi connectivity index (χ4n) is 3.55. The van der Waals surface area contributed by atoms with Crippen molar-refractivity contribution in [1.29, 1.82) is 0 Å². The van der Waals surface area contributed by atoms with Crippen molar-refractivity contribution < 1.29 is 4.79 Å². The number of rotatable bonds is 3. The molecule has 0 saturated heterocycles. The number of nitrogen functional groups attached to an aromatic ring is 1. The molecule has 1 aliphatic rings. The van der Waals surface area contributed by atoms with Gasteiger partial charge in [-0.2, -0.15) is 0 Å². The molecule has 126 valence electrons. The highest BCUT2D eigenvalue weighted by atomic mass is 16.1. The lowest BCUT2D eigenvalue weighted by atomic mass is 9.96. The normalized spacial score (nSPS) is 13.4. The van der Waals surface area contributed by atoms with Crippen LogP contribution in [0.3, 0.4) is 0 Å². The topological polar surface area (TPSA) is 85.8 Å². The molecule has 0 unspecified atom stereocenters. The third-order valence-corrected chi connectivity index (χ3v) is 4.63. The maximum atomic E-state index is 12.6. The Morgan fingerprint density at radius 2 is 2.04 bits per heavy atom. The number of nitrogens with zero attached hydrogens (tertiary/aromatic N) is 3. The summed E-state index contributed by atoms with van der Waals surface area (Å²) >= 11 is 0. The lowest BCUT2D eigenvalue weighted by molar-refractivity contribution is 0.0944. The molecule has 0 aliphatic carbocycles. The fraction of sp³-hybridized carbons (Fsp3) is 0.211. The largest absolute Gasteiger partial charge is 0.368 e. The van der Waals surface area contributed by atoms with E-state index in [1.807, 2.05) is 31.3 Å². The Bertz CT molecular complexity index is 946. The highest BCUT2D eigenvalue weighted by molar-refractivity contribution is 6.00. The molecule has 0 radical (unpaired) electrons. The molecular weight excluding hydrogens is 314 g/mol. The van der Waals surface area contributed by atoms with E-state index in [4.69, 9.17) is 5.73 Å². The molecule has 1 amide bonds. The lowest BCUT2D eigenvalue weighted by Crippen LogP contribution is -2.32. The minimum atomic E-state index is -0.0175. The zero-order chi connectivity index (χ0) is 17.4. The number of carbonyl (C=O) groups is 1. The highest BCUT2D eigenvalue weighted by Gasteiger charge is 2.29. The maximum Gasteiger partial charge on any atom is 0.253 e. The summed E-state index contributed by atoms with van der Waals surface area (Å²) in [4.78, 5) is 21.0. The van der Waals surface area contributed by atoms with Crippen molar-refractivity contribution in [3.05, 3.63) is 65.0 Å². The first-order chi connectivity index (χ1) is 12.1. The number of amides is 1. The van der Waals surface area contributed by atoms with Crippen LogP contribution in [0.5, 0.6) is 0 Å². The van der Waals surface area contributed by atoms with Gasteiger partial charge in [0.1, 0.15) is 0 Å². The lowest BCUT2D eigenvalue weighted by Gasteiger charge is -2.15. The van der Waals surface area contributed by atoms with Gasteiger partial charge in [-0.15, -0.1) is 0 Å². The van der Waals surface area contributed by atoms with E-state index in [1.54, 1.807) is 6.20 Å². The second-order valence-corrected chi connectivity index (χ2v) is 6.18. The zero-order valence-electron chi connectivity index (χ0n) is 14.0. The third kappa shape index (κ3) is 2.65. The van der Waals surface area contributed by atoms with Crippen molar-refractivity contribution in [2.45, 2.75) is 12.8 Å². The summed E-state index contributed by atoms with van der Waals surface area (Å²) in [5.74, 6) is 0.211. The van der Waals surface area contributed by atoms with Crippen LogP contribution in [-0.2, 0) is 19.9 Å². The summed E-state index contributed by atoms with van der Waals surface area (Å²) < 4.78 is 2.08. The first-order valence-electron chi connectivity index (χ1n) is 8.26. The summed E-state index contributed by atoms with van der Waals surface area (Å²) in [7, 11) is 1.99. The molecule has 0 fully saturated rings. The number of anilines is 1. The van der Waals surface area contributed by atoms with Gasteiger partial charge in [0.2, 0.25) is 5.95 Å². The molecule has 6 heteroatoms. The van der Waals surface area contributed by atoms with Crippen molar-refractivity contribution in [3.63, 3.8) is 0 Å². The summed E-state index contributed by atoms with van der Waals surface area (Å²) in [5.41, 5.74) is 11.4. The van der Waals surface area contributed by atoms with Crippen molar-refractivity contribution in [2.24, 2.45) is 7.05 Å². The van der Waals surface area contributed by atoms with Crippen LogP contribution in [-0.4, -0.2) is 27.0 Å². The number of aromatic nitrogens is 3. The number of fused-ring (bicyclic) bond motifs is 1. The first kappa shape index (κ1) is 15.4. The smallest absolute Gasteiger partial charge is 0.253 e. The molecule has 6 nitrogen and oxygen atoms in total. The molecule has 3 N–H and O–H groups in total. The monoisotopic (exact) mass is 333 g/mol. The quantitative estimate of drug-likeness (QED) is 0.767. The van der Waals surface area contributed by atoms with Crippen LogP contribution in [0.25, 0.3) is 11.4 Å². The number of carbonyl (C=O) groups excluding carboxylic acids is 1. The SMILES string of the molecule is Cn1c2c(c(Cc3ccccc3)c1-c1ccnc(N)n1)C(=O)NCC2. The second-order valence-electron chi connectivity index (χ2n) is 6.18. The molecular formula is C19H19N5O. The molecule has 0 atom stereocenters. The van der Waals surface area contributed by atoms with Gasteiger partial charge in [-0.3, -0.25) is 4.79 Å². The fourth-order valence-corrected chi connectivity index (χ4v) is 3.55. The molecule has 3 heterocycles. The van der Waals surface area contributed by atoms with Crippen LogP contribution in [0, 0.1) is 0 Å². The van der Waals surface area contributed by atoms with Crippen LogP contribution in [0.15, 0.2) is 42.6 Å². The number of hydrogen-bond donors (Lipinski definition) is 2. The van der Waals surface area contributed by atoms with Gasteiger partial charge in [0, 0.05) is 38.3 Å². The molecule has 1 aliphatic heterocycles. The molecule has 0 spiro atoms. The average Bonchev–Trinajstić information content (AvgIpc) is 2.89. The Balaban J connectivity index is 1.94. The molecule has 0 saturated carbocycles. The summed E-state index contributed by atoms with van der Waals surface area (Å²) in [5, 5.41) is 2.96. The molecule has 0 bridgehead atoms. The number of nitrogens with one attached hydrogen (secondary N) is 1. The Labute approximate surface area is 145 Å². The Hall–Kier alpha value is -3.15. The minimum Gasteiger partial charge on any atom is -0.368 e. The summed E-state index contributed by atoms with van der Waals surface area (Å²) in [6.07, 6.45) is 3.12. The maximum absolute atomic E-state index is 12.6. The third-order valence-electron chi connectivity index (χ3n) is 4.63. The second kappa shape index (κ2) is 6.05. The first-order valence-corrected chi connectivity index (χ1v) is 8.26. The average molecular weight is 333 g/mol. The molecule has 1 aromatic carbocycles. The van der Waals surface area contributed by atoms with E-state index < -0.39 is 0 Å². The van der Waals surface area contributed by atoms with Gasteiger partial charge in [-0.1, -0.05) is 30.3 Å². The Morgan fingerprint density at radius 3 is 2.80 bits per heavy atom. The van der Waals surface area contributed by atoms with Crippen LogP contribution in [0.4, 0.5) is 5.95 Å². The minimum absolute atomic E-state index is 0.0175. The van der Waals surface area contributed by atoms with Crippen LogP contribution < -0.4 is 11.1 Å². The predicted octanol–water partition coefficient (Wildman–Crippen LogP) is 1.94. The van der Waals surface area contributed by atoms with Gasteiger partial charge in [0.15, 0.2) is 0 Å². The van der Waals surface area contributed by atoms with Gasteiger partial charge in [-0.05, 0) is 17.2 Å². The van der Waals surface area contributed by atoms with Crippen molar-refractivity contribution in [2.75, 3.05) is 12.3 Å². The number of benzene rings is 1. The Morgan fingerprint density at radius 1 is 1.24 bits per heavy atom. The van der Waals surface area contributed by atoms with E-state index in [1.165, 1.54) is 0 Å². The Kier molecular flexibility index (Phi) is 3.72. The zero-order valence-corrected chi connectivity index (χ0v) is 14.0.